The summed E-state index contributed by atoms with van der Waals surface area (Å²) in [5.41, 5.74) is 2.51. The van der Waals surface area contributed by atoms with E-state index in [2.05, 4.69) is 10.6 Å². The lowest BCUT2D eigenvalue weighted by Crippen LogP contribution is -2.13. The van der Waals surface area contributed by atoms with Gasteiger partial charge < -0.3 is 10.6 Å². The van der Waals surface area contributed by atoms with E-state index in [1.165, 1.54) is 6.20 Å². The summed E-state index contributed by atoms with van der Waals surface area (Å²) in [4.78, 5) is 12.4. The van der Waals surface area contributed by atoms with Crippen LogP contribution in [0.2, 0.25) is 5.02 Å². The van der Waals surface area contributed by atoms with E-state index in [4.69, 9.17) is 22.1 Å². The highest BCUT2D eigenvalue weighted by molar-refractivity contribution is 6.31. The second-order valence-electron chi connectivity index (χ2n) is 4.92. The molecule has 0 saturated carbocycles. The maximum absolute atomic E-state index is 12.4. The van der Waals surface area contributed by atoms with E-state index >= 15 is 0 Å². The van der Waals surface area contributed by atoms with Gasteiger partial charge in [0.15, 0.2) is 0 Å². The van der Waals surface area contributed by atoms with E-state index in [1.807, 2.05) is 13.0 Å². The van der Waals surface area contributed by atoms with Gasteiger partial charge in [-0.05, 0) is 42.8 Å². The lowest BCUT2D eigenvalue weighted by atomic mass is 10.1. The first kappa shape index (κ1) is 17.1. The molecule has 2 aromatic carbocycles. The van der Waals surface area contributed by atoms with Gasteiger partial charge in [-0.3, -0.25) is 4.79 Å². The molecule has 1 amide bonds. The zero-order valence-corrected chi connectivity index (χ0v) is 13.6. The molecule has 118 valence electrons. The molecule has 5 nitrogen and oxygen atoms in total. The number of hydrogen-bond donors (Lipinski definition) is 2. The molecule has 2 aromatic rings. The number of hydrogen-bond acceptors (Lipinski definition) is 4. The van der Waals surface area contributed by atoms with Gasteiger partial charge in [-0.25, -0.2) is 0 Å². The molecule has 0 saturated heterocycles. The number of aryl methyl sites for hydroxylation is 1. The molecule has 0 aliphatic rings. The van der Waals surface area contributed by atoms with Gasteiger partial charge in [0.05, 0.1) is 0 Å². The Kier molecular flexibility index (Phi) is 5.57. The van der Waals surface area contributed by atoms with E-state index < -0.39 is 0 Å². The molecule has 2 rings (SSSR count). The quantitative estimate of drug-likeness (QED) is 0.817. The van der Waals surface area contributed by atoms with E-state index in [-0.39, 0.29) is 11.5 Å². The number of nitriles is 2. The van der Waals surface area contributed by atoms with Gasteiger partial charge >= 0.3 is 0 Å². The maximum Gasteiger partial charge on any atom is 0.255 e. The third kappa shape index (κ3) is 4.36. The van der Waals surface area contributed by atoms with Crippen LogP contribution in [-0.2, 0) is 0 Å². The number of carbonyl (C=O) groups is 1. The van der Waals surface area contributed by atoms with E-state index in [0.29, 0.717) is 22.0 Å². The van der Waals surface area contributed by atoms with Crippen molar-refractivity contribution in [2.24, 2.45) is 0 Å². The minimum absolute atomic E-state index is 0.0561. The minimum atomic E-state index is -0.284. The van der Waals surface area contributed by atoms with Crippen molar-refractivity contribution in [1.82, 2.24) is 0 Å². The molecule has 24 heavy (non-hydrogen) atoms. The predicted molar refractivity (Wildman–Crippen MR) is 93.5 cm³/mol. The van der Waals surface area contributed by atoms with Crippen LogP contribution >= 0.6 is 11.6 Å². The number of amides is 1. The standard InChI is InChI=1S/C18H13ClN4O/c1-12-5-6-15(19)8-17(12)23-18(24)14-3-2-4-16(7-14)22-11-13(9-20)10-21/h2-8,11,22H,1H3,(H,23,24). The number of allylic oxidation sites excluding steroid dienone is 1. The molecule has 0 unspecified atom stereocenters. The average molecular weight is 337 g/mol. The predicted octanol–water partition coefficient (Wildman–Crippen LogP) is 4.24. The molecule has 0 radical (unpaired) electrons. The Hall–Kier alpha value is -3.28. The smallest absolute Gasteiger partial charge is 0.255 e. The molecule has 0 spiro atoms. The fourth-order valence-electron chi connectivity index (χ4n) is 1.92. The Morgan fingerprint density at radius 3 is 2.62 bits per heavy atom. The number of carbonyl (C=O) groups excluding carboxylic acids is 1. The van der Waals surface area contributed by atoms with E-state index in [9.17, 15) is 4.79 Å². The van der Waals surface area contributed by atoms with Crippen molar-refractivity contribution < 1.29 is 4.79 Å². The highest BCUT2D eigenvalue weighted by atomic mass is 35.5. The van der Waals surface area contributed by atoms with Crippen LogP contribution in [0.5, 0.6) is 0 Å². The summed E-state index contributed by atoms with van der Waals surface area (Å²) in [6.45, 7) is 1.88. The molecule has 0 aliphatic heterocycles. The Balaban J connectivity index is 2.18. The molecule has 0 atom stereocenters. The van der Waals surface area contributed by atoms with Gasteiger partial charge in [0.2, 0.25) is 0 Å². The Bertz CT molecular complexity index is 875. The lowest BCUT2D eigenvalue weighted by molar-refractivity contribution is 0.102. The molecule has 2 N–H and O–H groups in total. The molecule has 6 heteroatoms. The summed E-state index contributed by atoms with van der Waals surface area (Å²) in [6, 6.07) is 15.5. The first-order valence-electron chi connectivity index (χ1n) is 6.98. The lowest BCUT2D eigenvalue weighted by Gasteiger charge is -2.10. The van der Waals surface area contributed by atoms with Crippen LogP contribution < -0.4 is 10.6 Å². The fraction of sp³-hybridized carbons (Fsp3) is 0.0556. The van der Waals surface area contributed by atoms with Gasteiger partial charge in [0.25, 0.3) is 5.91 Å². The fourth-order valence-corrected chi connectivity index (χ4v) is 2.09. The average Bonchev–Trinajstić information content (AvgIpc) is 2.59. The second kappa shape index (κ2) is 7.82. The zero-order valence-electron chi connectivity index (χ0n) is 12.8. The Morgan fingerprint density at radius 1 is 1.17 bits per heavy atom. The summed E-state index contributed by atoms with van der Waals surface area (Å²) in [5.74, 6) is -0.284. The number of anilines is 2. The monoisotopic (exact) mass is 336 g/mol. The van der Waals surface area contributed by atoms with Gasteiger partial charge in [0.1, 0.15) is 17.7 Å². The van der Waals surface area contributed by atoms with E-state index in [0.717, 1.165) is 5.56 Å². The van der Waals surface area contributed by atoms with Gasteiger partial charge in [0, 0.05) is 28.2 Å². The van der Waals surface area contributed by atoms with Crippen molar-refractivity contribution in [1.29, 1.82) is 10.5 Å². The number of benzene rings is 2. The number of nitrogens with zero attached hydrogens (tertiary/aromatic N) is 2. The van der Waals surface area contributed by atoms with Crippen LogP contribution in [-0.4, -0.2) is 5.91 Å². The molecular formula is C18H13ClN4O. The largest absolute Gasteiger partial charge is 0.360 e. The number of rotatable bonds is 4. The van der Waals surface area contributed by atoms with Crippen LogP contribution in [0, 0.1) is 29.6 Å². The van der Waals surface area contributed by atoms with Crippen molar-refractivity contribution in [3.05, 3.63) is 70.4 Å². The van der Waals surface area contributed by atoms with Crippen molar-refractivity contribution >= 4 is 28.9 Å². The van der Waals surface area contributed by atoms with Gasteiger partial charge in [-0.15, -0.1) is 0 Å². The van der Waals surface area contributed by atoms with Gasteiger partial charge in [-0.1, -0.05) is 23.7 Å². The summed E-state index contributed by atoms with van der Waals surface area (Å²) in [7, 11) is 0. The first-order valence-corrected chi connectivity index (χ1v) is 7.36. The Morgan fingerprint density at radius 2 is 1.92 bits per heavy atom. The molecule has 0 bridgehead atoms. The number of nitrogens with one attached hydrogen (secondary N) is 2. The third-order valence-electron chi connectivity index (χ3n) is 3.20. The second-order valence-corrected chi connectivity index (χ2v) is 5.36. The normalized spacial score (nSPS) is 9.33. The third-order valence-corrected chi connectivity index (χ3v) is 3.43. The molecule has 0 aliphatic carbocycles. The summed E-state index contributed by atoms with van der Waals surface area (Å²) in [6.07, 6.45) is 1.29. The van der Waals surface area contributed by atoms with Crippen molar-refractivity contribution in [2.45, 2.75) is 6.92 Å². The van der Waals surface area contributed by atoms with Crippen LogP contribution in [0.3, 0.4) is 0 Å². The summed E-state index contributed by atoms with van der Waals surface area (Å²) < 4.78 is 0. The maximum atomic E-state index is 12.4. The summed E-state index contributed by atoms with van der Waals surface area (Å²) >= 11 is 5.95. The van der Waals surface area contributed by atoms with Crippen LogP contribution in [0.25, 0.3) is 0 Å². The van der Waals surface area contributed by atoms with Crippen LogP contribution in [0.1, 0.15) is 15.9 Å². The SMILES string of the molecule is Cc1ccc(Cl)cc1NC(=O)c1cccc(NC=C(C#N)C#N)c1. The molecule has 0 heterocycles. The van der Waals surface area contributed by atoms with Crippen molar-refractivity contribution in [3.8, 4) is 12.1 Å². The number of halogens is 1. The van der Waals surface area contributed by atoms with Crippen LogP contribution in [0.4, 0.5) is 11.4 Å². The highest BCUT2D eigenvalue weighted by Gasteiger charge is 2.09. The first-order chi connectivity index (χ1) is 11.5. The topological polar surface area (TPSA) is 88.7 Å². The van der Waals surface area contributed by atoms with Crippen molar-refractivity contribution in [3.63, 3.8) is 0 Å². The molecule has 0 fully saturated rings. The minimum Gasteiger partial charge on any atom is -0.360 e. The van der Waals surface area contributed by atoms with Crippen LogP contribution in [0.15, 0.2) is 54.2 Å². The Labute approximate surface area is 144 Å². The summed E-state index contributed by atoms with van der Waals surface area (Å²) in [5, 5.41) is 23.6. The molecule has 0 aromatic heterocycles. The zero-order chi connectivity index (χ0) is 17.5. The molecular weight excluding hydrogens is 324 g/mol. The van der Waals surface area contributed by atoms with Crippen molar-refractivity contribution in [2.75, 3.05) is 10.6 Å². The van der Waals surface area contributed by atoms with E-state index in [1.54, 1.807) is 48.5 Å². The highest BCUT2D eigenvalue weighted by Crippen LogP contribution is 2.21. The van der Waals surface area contributed by atoms with Gasteiger partial charge in [-0.2, -0.15) is 10.5 Å².